The molecular weight excluding hydrogens is 608 g/mol. The number of Topliss-reactive ketones (excluding diaryl/α,β-unsaturated/α-hetero) is 1. The van der Waals surface area contributed by atoms with Gasteiger partial charge in [0.1, 0.15) is 11.9 Å². The van der Waals surface area contributed by atoms with E-state index < -0.39 is 35.6 Å². The second-order valence-corrected chi connectivity index (χ2v) is 13.2. The molecule has 3 rings (SSSR count). The van der Waals surface area contributed by atoms with Gasteiger partial charge in [-0.05, 0) is 38.2 Å². The first-order chi connectivity index (χ1) is 17.1. The highest BCUT2D eigenvalue weighted by Gasteiger charge is 2.53. The third kappa shape index (κ3) is 6.75. The fourth-order valence-electron chi connectivity index (χ4n) is 5.24. The van der Waals surface area contributed by atoms with Crippen LogP contribution in [0, 0.1) is 17.3 Å². The Bertz CT molecular complexity index is 1050. The van der Waals surface area contributed by atoms with Gasteiger partial charge >= 0.3 is 5.97 Å². The zero-order valence-electron chi connectivity index (χ0n) is 22.8. The Labute approximate surface area is 236 Å². The van der Waals surface area contributed by atoms with Crippen LogP contribution in [-0.2, 0) is 26.1 Å². The van der Waals surface area contributed by atoms with Crippen LogP contribution in [0.2, 0.25) is 0 Å². The van der Waals surface area contributed by atoms with Crippen molar-refractivity contribution in [1.82, 2.24) is 4.98 Å². The highest BCUT2D eigenvalue weighted by atomic mass is 79.9. The van der Waals surface area contributed by atoms with Gasteiger partial charge < -0.3 is 19.7 Å². The van der Waals surface area contributed by atoms with Gasteiger partial charge in [0.2, 0.25) is 9.21 Å². The average Bonchev–Trinajstić information content (AvgIpc) is 3.40. The number of fused-ring (bicyclic) bond motifs is 1. The first-order valence-corrected chi connectivity index (χ1v) is 14.6. The second kappa shape index (κ2) is 11.6. The predicted octanol–water partition coefficient (Wildman–Crippen LogP) is 4.39. The average molecular weight is 649 g/mol. The van der Waals surface area contributed by atoms with Gasteiger partial charge in [-0.15, -0.1) is 0 Å². The Kier molecular flexibility index (Phi) is 9.54. The number of carbonyl (C=O) groups is 2. The number of ether oxygens (including phenoxy) is 2. The maximum atomic E-state index is 13.3. The number of aliphatic hydroxyl groups is 2. The molecule has 3 N–H and O–H groups in total. The van der Waals surface area contributed by atoms with Crippen LogP contribution in [0.1, 0.15) is 79.5 Å². The van der Waals surface area contributed by atoms with E-state index in [-0.39, 0.29) is 29.8 Å². The number of hydrogen-bond donors (Lipinski definition) is 3. The van der Waals surface area contributed by atoms with Crippen molar-refractivity contribution in [2.45, 2.75) is 104 Å². The molecule has 8 nitrogen and oxygen atoms in total. The molecule has 2 fully saturated rings. The SMILES string of the molecule is C/C(=C\c1[nH]c(Br)c(Br)[n+]1C)[C@@H]1C[C@@H]2O[C@]2(C)CCC[C@H](C)[C@H](O)[C@@H](C)C(=O)C(C)(C)[C@@H](O)CC(=O)O1. The lowest BCUT2D eigenvalue weighted by atomic mass is 9.73. The molecule has 0 unspecified atom stereocenters. The quantitative estimate of drug-likeness (QED) is 0.249. The van der Waals surface area contributed by atoms with Crippen LogP contribution < -0.4 is 4.57 Å². The van der Waals surface area contributed by atoms with Gasteiger partial charge in [0.25, 0.3) is 5.82 Å². The van der Waals surface area contributed by atoms with E-state index in [2.05, 4.69) is 43.8 Å². The molecule has 1 aromatic rings. The van der Waals surface area contributed by atoms with Crippen molar-refractivity contribution >= 4 is 49.7 Å². The maximum Gasteiger partial charge on any atom is 0.309 e. The Morgan fingerprint density at radius 1 is 1.19 bits per heavy atom. The number of epoxide rings is 1. The van der Waals surface area contributed by atoms with Gasteiger partial charge in [-0.3, -0.25) is 9.59 Å². The molecular formula is C27H41Br2N2O6+. The van der Waals surface area contributed by atoms with Crippen LogP contribution >= 0.6 is 31.9 Å². The summed E-state index contributed by atoms with van der Waals surface area (Å²) in [5, 5.41) is 21.8. The van der Waals surface area contributed by atoms with Crippen LogP contribution in [0.15, 0.2) is 14.8 Å². The second-order valence-electron chi connectivity index (χ2n) is 11.7. The lowest BCUT2D eigenvalue weighted by Crippen LogP contribution is -2.45. The first-order valence-electron chi connectivity index (χ1n) is 13.0. The molecule has 0 saturated carbocycles. The molecule has 0 spiro atoms. The number of hydrogen-bond acceptors (Lipinski definition) is 6. The molecule has 10 heteroatoms. The molecule has 7 atom stereocenters. The first kappa shape index (κ1) is 30.5. The summed E-state index contributed by atoms with van der Waals surface area (Å²) < 4.78 is 15.6. The van der Waals surface area contributed by atoms with E-state index in [1.54, 1.807) is 20.8 Å². The standard InChI is InChI=1S/C27H40Br2N2O6/c1-14-9-8-10-27(6)19(37-27)12-17(15(2)11-20-30-24(28)25(29)31(20)7)36-21(33)13-18(32)26(4,5)23(35)16(3)22(14)34/h11,14,16-19,22,32,34H,8-10,12-13H2,1-7H3/p+1/b15-11+/t14-,16+,17-,18-,19-,22-,27+/m0/s1. The normalized spacial score (nSPS) is 36.1. The summed E-state index contributed by atoms with van der Waals surface area (Å²) in [6, 6.07) is 0. The number of imidazole rings is 1. The Balaban J connectivity index is 1.89. The van der Waals surface area contributed by atoms with Crippen molar-refractivity contribution in [3.05, 3.63) is 20.6 Å². The highest BCUT2D eigenvalue weighted by Crippen LogP contribution is 2.45. The van der Waals surface area contributed by atoms with E-state index in [4.69, 9.17) is 9.47 Å². The summed E-state index contributed by atoms with van der Waals surface area (Å²) in [5.41, 5.74) is -0.705. The Hall–Kier alpha value is -1.07. The number of aromatic amines is 1. The molecule has 0 amide bonds. The fraction of sp³-hybridized carbons (Fsp3) is 0.741. The van der Waals surface area contributed by atoms with E-state index in [9.17, 15) is 19.8 Å². The summed E-state index contributed by atoms with van der Waals surface area (Å²) >= 11 is 6.99. The lowest BCUT2D eigenvalue weighted by molar-refractivity contribution is -0.682. The van der Waals surface area contributed by atoms with Crippen molar-refractivity contribution in [2.75, 3.05) is 0 Å². The smallest absolute Gasteiger partial charge is 0.309 e. The van der Waals surface area contributed by atoms with Crippen molar-refractivity contribution in [3.63, 3.8) is 0 Å². The minimum Gasteiger partial charge on any atom is -0.458 e. The lowest BCUT2D eigenvalue weighted by Gasteiger charge is -2.34. The van der Waals surface area contributed by atoms with Gasteiger partial charge in [-0.25, -0.2) is 9.55 Å². The molecule has 1 aromatic heterocycles. The summed E-state index contributed by atoms with van der Waals surface area (Å²) in [4.78, 5) is 29.5. The third-order valence-electron chi connectivity index (χ3n) is 8.35. The van der Waals surface area contributed by atoms with Crippen LogP contribution in [-0.4, -0.2) is 57.0 Å². The molecule has 208 valence electrons. The highest BCUT2D eigenvalue weighted by molar-refractivity contribution is 9.13. The zero-order chi connectivity index (χ0) is 27.9. The maximum absolute atomic E-state index is 13.3. The van der Waals surface area contributed by atoms with Crippen LogP contribution in [0.25, 0.3) is 6.08 Å². The van der Waals surface area contributed by atoms with Crippen molar-refractivity contribution in [1.29, 1.82) is 0 Å². The van der Waals surface area contributed by atoms with E-state index in [1.807, 2.05) is 31.5 Å². The van der Waals surface area contributed by atoms with E-state index in [1.165, 1.54) is 0 Å². The number of carbonyl (C=O) groups excluding carboxylic acids is 2. The number of ketones is 1. The van der Waals surface area contributed by atoms with Crippen molar-refractivity contribution in [3.8, 4) is 0 Å². The molecule has 0 bridgehead atoms. The molecule has 0 radical (unpaired) electrons. The molecule has 37 heavy (non-hydrogen) atoms. The molecule has 2 aliphatic rings. The molecule has 2 aliphatic heterocycles. The summed E-state index contributed by atoms with van der Waals surface area (Å²) in [7, 11) is 1.91. The van der Waals surface area contributed by atoms with Crippen LogP contribution in [0.4, 0.5) is 0 Å². The van der Waals surface area contributed by atoms with Crippen LogP contribution in [0.3, 0.4) is 0 Å². The van der Waals surface area contributed by atoms with E-state index in [0.29, 0.717) is 6.42 Å². The summed E-state index contributed by atoms with van der Waals surface area (Å²) in [5.74, 6) is -0.779. The number of esters is 1. The van der Waals surface area contributed by atoms with Gasteiger partial charge in [-0.1, -0.05) is 34.1 Å². The van der Waals surface area contributed by atoms with Gasteiger partial charge in [-0.2, -0.15) is 0 Å². The van der Waals surface area contributed by atoms with E-state index >= 15 is 0 Å². The topological polar surface area (TPSA) is 116 Å². The number of cyclic esters (lactones) is 1. The van der Waals surface area contributed by atoms with E-state index in [0.717, 1.165) is 39.9 Å². The molecule has 0 aromatic carbocycles. The Morgan fingerprint density at radius 2 is 1.84 bits per heavy atom. The minimum absolute atomic E-state index is 0.0699. The fourth-order valence-corrected chi connectivity index (χ4v) is 6.00. The monoisotopic (exact) mass is 647 g/mol. The molecule has 2 saturated heterocycles. The molecule has 3 heterocycles. The van der Waals surface area contributed by atoms with Gasteiger partial charge in [0.05, 0.1) is 42.8 Å². The summed E-state index contributed by atoms with van der Waals surface area (Å²) in [6.07, 6.45) is 1.83. The number of H-pyrrole nitrogens is 1. The number of halogens is 2. The summed E-state index contributed by atoms with van der Waals surface area (Å²) in [6.45, 7) is 10.9. The minimum atomic E-state index is -1.24. The van der Waals surface area contributed by atoms with Gasteiger partial charge in [0, 0.05) is 50.3 Å². The Morgan fingerprint density at radius 3 is 2.43 bits per heavy atom. The van der Waals surface area contributed by atoms with Gasteiger partial charge in [0.15, 0.2) is 0 Å². The predicted molar refractivity (Wildman–Crippen MR) is 146 cm³/mol. The van der Waals surface area contributed by atoms with Crippen LogP contribution in [0.5, 0.6) is 0 Å². The third-order valence-corrected chi connectivity index (χ3v) is 10.4. The number of aromatic nitrogens is 2. The van der Waals surface area contributed by atoms with Crippen molar-refractivity contribution in [2.24, 2.45) is 24.3 Å². The zero-order valence-corrected chi connectivity index (χ0v) is 26.0. The number of nitrogens with zero attached hydrogens (tertiary/aromatic N) is 1. The number of rotatable bonds is 2. The van der Waals surface area contributed by atoms with Crippen molar-refractivity contribution < 1.29 is 33.8 Å². The largest absolute Gasteiger partial charge is 0.458 e. The molecule has 0 aliphatic carbocycles. The number of nitrogens with one attached hydrogen (secondary N) is 1. The number of aliphatic hydroxyl groups excluding tert-OH is 2.